The van der Waals surface area contributed by atoms with E-state index in [0.29, 0.717) is 12.0 Å². The molecule has 2 atom stereocenters. The van der Waals surface area contributed by atoms with Gasteiger partial charge in [0.25, 0.3) is 11.5 Å². The highest BCUT2D eigenvalue weighted by Crippen LogP contribution is 2.37. The van der Waals surface area contributed by atoms with Crippen molar-refractivity contribution in [3.8, 4) is 0 Å². The van der Waals surface area contributed by atoms with E-state index in [1.807, 2.05) is 11.8 Å². The van der Waals surface area contributed by atoms with E-state index < -0.39 is 0 Å². The number of hydrogen-bond acceptors (Lipinski definition) is 2. The van der Waals surface area contributed by atoms with Gasteiger partial charge in [0.2, 0.25) is 0 Å². The standard InChI is InChI=1S/C15H20N2O2/c1-10-7-8-12(14(18)16-10)15(19)17-9-3-5-11-4-2-6-13(11)17/h7-8,11,13H,2-6,9H2,1H3,(H,16,18). The Labute approximate surface area is 112 Å². The lowest BCUT2D eigenvalue weighted by Gasteiger charge is -2.37. The molecule has 1 amide bonds. The number of carbonyl (C=O) groups is 1. The summed E-state index contributed by atoms with van der Waals surface area (Å²) in [4.78, 5) is 29.2. The molecule has 2 fully saturated rings. The normalized spacial score (nSPS) is 26.3. The Kier molecular flexibility index (Phi) is 3.17. The predicted octanol–water partition coefficient (Wildman–Crippen LogP) is 2.09. The first-order valence-electron chi connectivity index (χ1n) is 7.18. The van der Waals surface area contributed by atoms with Crippen LogP contribution in [-0.2, 0) is 0 Å². The molecule has 1 saturated heterocycles. The number of rotatable bonds is 1. The fourth-order valence-corrected chi connectivity index (χ4v) is 3.60. The number of aryl methyl sites for hydroxylation is 1. The largest absolute Gasteiger partial charge is 0.335 e. The van der Waals surface area contributed by atoms with Crippen LogP contribution in [0.4, 0.5) is 0 Å². The fraction of sp³-hybridized carbons (Fsp3) is 0.600. The predicted molar refractivity (Wildman–Crippen MR) is 73.2 cm³/mol. The second-order valence-electron chi connectivity index (χ2n) is 5.78. The van der Waals surface area contributed by atoms with Crippen molar-refractivity contribution in [3.05, 3.63) is 33.7 Å². The third kappa shape index (κ3) is 2.20. The second-order valence-corrected chi connectivity index (χ2v) is 5.78. The third-order valence-corrected chi connectivity index (χ3v) is 4.54. The Hall–Kier alpha value is -1.58. The van der Waals surface area contributed by atoms with Gasteiger partial charge in [0.05, 0.1) is 0 Å². The van der Waals surface area contributed by atoms with Gasteiger partial charge in [0.15, 0.2) is 0 Å². The molecule has 1 N–H and O–H groups in total. The van der Waals surface area contributed by atoms with E-state index in [2.05, 4.69) is 4.98 Å². The van der Waals surface area contributed by atoms with Crippen molar-refractivity contribution in [2.24, 2.45) is 5.92 Å². The summed E-state index contributed by atoms with van der Waals surface area (Å²) >= 11 is 0. The SMILES string of the molecule is Cc1ccc(C(=O)N2CCCC3CCCC32)c(=O)[nH]1. The molecule has 1 aromatic rings. The maximum absolute atomic E-state index is 12.6. The highest BCUT2D eigenvalue weighted by molar-refractivity contribution is 5.94. The van der Waals surface area contributed by atoms with Gasteiger partial charge < -0.3 is 9.88 Å². The van der Waals surface area contributed by atoms with Crippen molar-refractivity contribution in [2.75, 3.05) is 6.54 Å². The Morgan fingerprint density at radius 1 is 1.26 bits per heavy atom. The Balaban J connectivity index is 1.88. The summed E-state index contributed by atoms with van der Waals surface area (Å²) in [5.41, 5.74) is 0.821. The molecule has 4 heteroatoms. The van der Waals surface area contributed by atoms with Gasteiger partial charge in [0, 0.05) is 18.3 Å². The van der Waals surface area contributed by atoms with Crippen molar-refractivity contribution in [1.82, 2.24) is 9.88 Å². The summed E-state index contributed by atoms with van der Waals surface area (Å²) in [6.07, 6.45) is 5.84. The molecule has 1 saturated carbocycles. The van der Waals surface area contributed by atoms with Crippen LogP contribution in [0.3, 0.4) is 0 Å². The first kappa shape index (κ1) is 12.5. The minimum Gasteiger partial charge on any atom is -0.335 e. The van der Waals surface area contributed by atoms with Gasteiger partial charge in [-0.15, -0.1) is 0 Å². The quantitative estimate of drug-likeness (QED) is 0.840. The number of nitrogens with zero attached hydrogens (tertiary/aromatic N) is 1. The van der Waals surface area contributed by atoms with Gasteiger partial charge in [-0.1, -0.05) is 6.42 Å². The molecule has 1 aliphatic carbocycles. The highest BCUT2D eigenvalue weighted by Gasteiger charge is 2.38. The molecule has 0 spiro atoms. The molecule has 2 heterocycles. The van der Waals surface area contributed by atoms with E-state index in [1.165, 1.54) is 19.3 Å². The number of piperidine rings is 1. The molecule has 19 heavy (non-hydrogen) atoms. The number of aromatic amines is 1. The molecule has 1 aromatic heterocycles. The topological polar surface area (TPSA) is 53.2 Å². The van der Waals surface area contributed by atoms with Crippen LogP contribution in [0.2, 0.25) is 0 Å². The van der Waals surface area contributed by atoms with E-state index in [9.17, 15) is 9.59 Å². The van der Waals surface area contributed by atoms with Crippen molar-refractivity contribution in [3.63, 3.8) is 0 Å². The average Bonchev–Trinajstić information content (AvgIpc) is 2.86. The summed E-state index contributed by atoms with van der Waals surface area (Å²) in [5.74, 6) is 0.570. The van der Waals surface area contributed by atoms with Gasteiger partial charge in [-0.3, -0.25) is 9.59 Å². The van der Waals surface area contributed by atoms with Gasteiger partial charge in [-0.2, -0.15) is 0 Å². The van der Waals surface area contributed by atoms with Crippen LogP contribution in [0.25, 0.3) is 0 Å². The molecule has 2 unspecified atom stereocenters. The van der Waals surface area contributed by atoms with Gasteiger partial charge in [0.1, 0.15) is 5.56 Å². The molecule has 0 radical (unpaired) electrons. The molecule has 0 bridgehead atoms. The lowest BCUT2D eigenvalue weighted by Crippen LogP contribution is -2.47. The number of fused-ring (bicyclic) bond motifs is 1. The van der Waals surface area contributed by atoms with Crippen LogP contribution in [0.15, 0.2) is 16.9 Å². The lowest BCUT2D eigenvalue weighted by atomic mass is 9.91. The van der Waals surface area contributed by atoms with Crippen LogP contribution >= 0.6 is 0 Å². The molecule has 4 nitrogen and oxygen atoms in total. The number of amides is 1. The lowest BCUT2D eigenvalue weighted by molar-refractivity contribution is 0.0546. The highest BCUT2D eigenvalue weighted by atomic mass is 16.2. The fourth-order valence-electron chi connectivity index (χ4n) is 3.60. The van der Waals surface area contributed by atoms with E-state index in [0.717, 1.165) is 25.1 Å². The van der Waals surface area contributed by atoms with E-state index in [4.69, 9.17) is 0 Å². The Morgan fingerprint density at radius 3 is 2.84 bits per heavy atom. The first-order valence-corrected chi connectivity index (χ1v) is 7.18. The number of nitrogens with one attached hydrogen (secondary N) is 1. The monoisotopic (exact) mass is 260 g/mol. The van der Waals surface area contributed by atoms with Crippen LogP contribution in [0, 0.1) is 12.8 Å². The minimum atomic E-state index is -0.259. The number of pyridine rings is 1. The van der Waals surface area contributed by atoms with Crippen molar-refractivity contribution < 1.29 is 4.79 Å². The second kappa shape index (κ2) is 4.83. The summed E-state index contributed by atoms with van der Waals surface area (Å²) in [6, 6.07) is 3.82. The zero-order chi connectivity index (χ0) is 13.4. The number of carbonyl (C=O) groups excluding carboxylic acids is 1. The summed E-state index contributed by atoms with van der Waals surface area (Å²) in [6.45, 7) is 2.62. The minimum absolute atomic E-state index is 0.0853. The maximum atomic E-state index is 12.6. The summed E-state index contributed by atoms with van der Waals surface area (Å²) < 4.78 is 0. The van der Waals surface area contributed by atoms with Gasteiger partial charge in [-0.05, 0) is 50.7 Å². The molecule has 1 aliphatic heterocycles. The summed E-state index contributed by atoms with van der Waals surface area (Å²) in [5, 5.41) is 0. The maximum Gasteiger partial charge on any atom is 0.260 e. The molecular formula is C15H20N2O2. The molecular weight excluding hydrogens is 240 g/mol. The van der Waals surface area contributed by atoms with E-state index in [-0.39, 0.29) is 17.0 Å². The number of aromatic nitrogens is 1. The zero-order valence-corrected chi connectivity index (χ0v) is 11.3. The van der Waals surface area contributed by atoms with E-state index >= 15 is 0 Å². The molecule has 0 aromatic carbocycles. The summed E-state index contributed by atoms with van der Waals surface area (Å²) in [7, 11) is 0. The smallest absolute Gasteiger partial charge is 0.260 e. The Morgan fingerprint density at radius 2 is 2.05 bits per heavy atom. The molecule has 102 valence electrons. The Bertz CT molecular complexity index is 549. The molecule has 3 rings (SSSR count). The molecule has 2 aliphatic rings. The van der Waals surface area contributed by atoms with Crippen molar-refractivity contribution in [2.45, 2.75) is 45.1 Å². The van der Waals surface area contributed by atoms with Crippen LogP contribution < -0.4 is 5.56 Å². The van der Waals surface area contributed by atoms with Crippen LogP contribution in [0.5, 0.6) is 0 Å². The van der Waals surface area contributed by atoms with Crippen LogP contribution in [0.1, 0.15) is 48.2 Å². The van der Waals surface area contributed by atoms with Crippen LogP contribution in [-0.4, -0.2) is 28.4 Å². The van der Waals surface area contributed by atoms with Crippen molar-refractivity contribution >= 4 is 5.91 Å². The van der Waals surface area contributed by atoms with Gasteiger partial charge >= 0.3 is 0 Å². The third-order valence-electron chi connectivity index (χ3n) is 4.54. The van der Waals surface area contributed by atoms with Crippen molar-refractivity contribution in [1.29, 1.82) is 0 Å². The zero-order valence-electron chi connectivity index (χ0n) is 11.3. The van der Waals surface area contributed by atoms with Gasteiger partial charge in [-0.25, -0.2) is 0 Å². The number of likely N-dealkylation sites (tertiary alicyclic amines) is 1. The number of H-pyrrole nitrogens is 1. The number of hydrogen-bond donors (Lipinski definition) is 1. The average molecular weight is 260 g/mol. The first-order chi connectivity index (χ1) is 9.16. The van der Waals surface area contributed by atoms with E-state index in [1.54, 1.807) is 12.1 Å².